The van der Waals surface area contributed by atoms with Gasteiger partial charge in [0.2, 0.25) is 0 Å². The van der Waals surface area contributed by atoms with E-state index in [-0.39, 0.29) is 12.6 Å². The Morgan fingerprint density at radius 1 is 1.48 bits per heavy atom. The maximum Gasteiger partial charge on any atom is 0.152 e. The van der Waals surface area contributed by atoms with Crippen molar-refractivity contribution in [2.75, 3.05) is 38.8 Å². The first kappa shape index (κ1) is 15.8. The highest BCUT2D eigenvalue weighted by molar-refractivity contribution is 5.56. The minimum Gasteiger partial charge on any atom is -0.394 e. The van der Waals surface area contributed by atoms with Gasteiger partial charge in [0.15, 0.2) is 5.82 Å². The Kier molecular flexibility index (Phi) is 5.55. The minimum absolute atomic E-state index is 0.0210. The number of pyridine rings is 1. The molecule has 0 aromatic carbocycles. The summed E-state index contributed by atoms with van der Waals surface area (Å²) in [5, 5.41) is 12.7. The molecule has 116 valence electrons. The van der Waals surface area contributed by atoms with Gasteiger partial charge in [-0.1, -0.05) is 6.07 Å². The molecule has 1 unspecified atom stereocenters. The third-order valence-corrected chi connectivity index (χ3v) is 3.64. The fourth-order valence-corrected chi connectivity index (χ4v) is 2.19. The van der Waals surface area contributed by atoms with Crippen molar-refractivity contribution in [2.24, 2.45) is 0 Å². The summed E-state index contributed by atoms with van der Waals surface area (Å²) in [4.78, 5) is 6.70. The molecule has 6 heteroatoms. The molecule has 2 aromatic heterocycles. The zero-order valence-corrected chi connectivity index (χ0v) is 12.9. The molecule has 6 nitrogen and oxygen atoms in total. The number of likely N-dealkylation sites (N-methyl/N-ethyl adjacent to an activating group) is 1. The quantitative estimate of drug-likeness (QED) is 0.708. The third kappa shape index (κ3) is 3.53. The van der Waals surface area contributed by atoms with Gasteiger partial charge in [0, 0.05) is 33.4 Å². The Balaban J connectivity index is 2.29. The lowest BCUT2D eigenvalue weighted by Crippen LogP contribution is -2.33. The van der Waals surface area contributed by atoms with Crippen LogP contribution < -0.4 is 10.2 Å². The van der Waals surface area contributed by atoms with E-state index in [1.54, 1.807) is 7.11 Å². The molecule has 2 N–H and O–H groups in total. The monoisotopic (exact) mass is 292 g/mol. The summed E-state index contributed by atoms with van der Waals surface area (Å²) >= 11 is 0. The van der Waals surface area contributed by atoms with Gasteiger partial charge in [-0.2, -0.15) is 0 Å². The molecular formula is C15H24N4O2. The predicted octanol–water partition coefficient (Wildman–Crippen LogP) is 0.887. The molecular weight excluding hydrogens is 268 g/mol. The maximum absolute atomic E-state index is 9.37. The maximum atomic E-state index is 9.37. The average Bonchev–Trinajstić information content (AvgIpc) is 2.88. The number of hydrogen-bond acceptors (Lipinski definition) is 5. The molecule has 0 fully saturated rings. The number of aliphatic hydroxyl groups is 1. The first-order valence-electron chi connectivity index (χ1n) is 7.18. The van der Waals surface area contributed by atoms with E-state index in [0.717, 1.165) is 23.7 Å². The van der Waals surface area contributed by atoms with Gasteiger partial charge in [-0.05, 0) is 19.1 Å². The summed E-state index contributed by atoms with van der Waals surface area (Å²) in [6, 6.07) is 5.98. The molecule has 0 bridgehead atoms. The minimum atomic E-state index is 0.0210. The van der Waals surface area contributed by atoms with Crippen LogP contribution in [0.25, 0.3) is 5.65 Å². The van der Waals surface area contributed by atoms with E-state index >= 15 is 0 Å². The smallest absolute Gasteiger partial charge is 0.152 e. The second kappa shape index (κ2) is 7.40. The van der Waals surface area contributed by atoms with Crippen LogP contribution in [0.4, 0.5) is 5.82 Å². The molecule has 1 atom stereocenters. The van der Waals surface area contributed by atoms with Crippen LogP contribution in [0.2, 0.25) is 0 Å². The molecule has 0 amide bonds. The number of anilines is 1. The number of nitrogens with one attached hydrogen (secondary N) is 1. The first-order valence-corrected chi connectivity index (χ1v) is 7.18. The Morgan fingerprint density at radius 2 is 2.29 bits per heavy atom. The van der Waals surface area contributed by atoms with Crippen molar-refractivity contribution in [1.82, 2.24) is 14.7 Å². The Bertz CT molecular complexity index is 570. The van der Waals surface area contributed by atoms with Crippen molar-refractivity contribution in [2.45, 2.75) is 19.5 Å². The standard InChI is InChI=1S/C15H24N4O2/c1-12(11-20)18(2)15-13(10-16-7-9-21-3)19-8-5-4-6-14(19)17-15/h4-6,8,12,16,20H,7,9-11H2,1-3H3. The van der Waals surface area contributed by atoms with Gasteiger partial charge in [0.1, 0.15) is 5.65 Å². The molecule has 0 spiro atoms. The average molecular weight is 292 g/mol. The number of methoxy groups -OCH3 is 1. The molecule has 2 heterocycles. The van der Waals surface area contributed by atoms with E-state index in [9.17, 15) is 5.11 Å². The number of fused-ring (bicyclic) bond motifs is 1. The summed E-state index contributed by atoms with van der Waals surface area (Å²) in [6.07, 6.45) is 2.01. The van der Waals surface area contributed by atoms with Gasteiger partial charge in [-0.3, -0.25) is 0 Å². The molecule has 0 aliphatic carbocycles. The SMILES string of the molecule is COCCNCc1c(N(C)C(C)CO)nc2ccccn12. The highest BCUT2D eigenvalue weighted by Crippen LogP contribution is 2.22. The van der Waals surface area contributed by atoms with E-state index in [1.165, 1.54) is 0 Å². The fourth-order valence-electron chi connectivity index (χ4n) is 2.19. The van der Waals surface area contributed by atoms with E-state index in [1.807, 2.05) is 43.3 Å². The summed E-state index contributed by atoms with van der Waals surface area (Å²) in [5.41, 5.74) is 2.00. The van der Waals surface area contributed by atoms with Crippen LogP contribution >= 0.6 is 0 Å². The Labute approximate surface area is 125 Å². The van der Waals surface area contributed by atoms with E-state index < -0.39 is 0 Å². The number of rotatable bonds is 8. The van der Waals surface area contributed by atoms with E-state index in [2.05, 4.69) is 14.7 Å². The molecule has 0 aliphatic heterocycles. The van der Waals surface area contributed by atoms with Crippen LogP contribution in [0.15, 0.2) is 24.4 Å². The lowest BCUT2D eigenvalue weighted by molar-refractivity contribution is 0.199. The number of imidazole rings is 1. The predicted molar refractivity (Wildman–Crippen MR) is 83.7 cm³/mol. The topological polar surface area (TPSA) is 62.0 Å². The van der Waals surface area contributed by atoms with Crippen LogP contribution in [-0.4, -0.2) is 54.4 Å². The summed E-state index contributed by atoms with van der Waals surface area (Å²) in [7, 11) is 3.65. The first-order chi connectivity index (χ1) is 10.2. The number of nitrogens with zero attached hydrogens (tertiary/aromatic N) is 3. The van der Waals surface area contributed by atoms with Gasteiger partial charge in [-0.25, -0.2) is 4.98 Å². The van der Waals surface area contributed by atoms with Crippen LogP contribution in [0.5, 0.6) is 0 Å². The molecule has 0 saturated heterocycles. The van der Waals surface area contributed by atoms with Crippen LogP contribution in [0.1, 0.15) is 12.6 Å². The second-order valence-corrected chi connectivity index (χ2v) is 5.12. The van der Waals surface area contributed by atoms with Crippen molar-refractivity contribution in [3.8, 4) is 0 Å². The van der Waals surface area contributed by atoms with E-state index in [0.29, 0.717) is 13.2 Å². The van der Waals surface area contributed by atoms with Crippen molar-refractivity contribution in [3.63, 3.8) is 0 Å². The van der Waals surface area contributed by atoms with Gasteiger partial charge in [0.25, 0.3) is 0 Å². The molecule has 0 radical (unpaired) electrons. The lowest BCUT2D eigenvalue weighted by atomic mass is 10.3. The second-order valence-electron chi connectivity index (χ2n) is 5.12. The zero-order valence-electron chi connectivity index (χ0n) is 12.9. The molecule has 0 saturated carbocycles. The van der Waals surface area contributed by atoms with Crippen molar-refractivity contribution in [1.29, 1.82) is 0 Å². The number of aliphatic hydroxyl groups excluding tert-OH is 1. The van der Waals surface area contributed by atoms with Crippen molar-refractivity contribution in [3.05, 3.63) is 30.1 Å². The highest BCUT2D eigenvalue weighted by Gasteiger charge is 2.18. The third-order valence-electron chi connectivity index (χ3n) is 3.64. The fraction of sp³-hybridized carbons (Fsp3) is 0.533. The normalized spacial score (nSPS) is 12.8. The lowest BCUT2D eigenvalue weighted by Gasteiger charge is -2.24. The van der Waals surface area contributed by atoms with Gasteiger partial charge < -0.3 is 24.5 Å². The summed E-state index contributed by atoms with van der Waals surface area (Å²) < 4.78 is 7.13. The summed E-state index contributed by atoms with van der Waals surface area (Å²) in [5.74, 6) is 0.896. The molecule has 0 aliphatic rings. The highest BCUT2D eigenvalue weighted by atomic mass is 16.5. The van der Waals surface area contributed by atoms with E-state index in [4.69, 9.17) is 4.74 Å². The Hall–Kier alpha value is -1.63. The van der Waals surface area contributed by atoms with Gasteiger partial charge in [-0.15, -0.1) is 0 Å². The number of aromatic nitrogens is 2. The van der Waals surface area contributed by atoms with Crippen molar-refractivity contribution >= 4 is 11.5 Å². The number of hydrogen-bond donors (Lipinski definition) is 2. The largest absolute Gasteiger partial charge is 0.394 e. The van der Waals surface area contributed by atoms with Crippen molar-refractivity contribution < 1.29 is 9.84 Å². The Morgan fingerprint density at radius 3 is 3.00 bits per heavy atom. The number of ether oxygens (including phenoxy) is 1. The summed E-state index contributed by atoms with van der Waals surface area (Å²) in [6.45, 7) is 4.24. The van der Waals surface area contributed by atoms with Crippen LogP contribution in [-0.2, 0) is 11.3 Å². The zero-order chi connectivity index (χ0) is 15.2. The van der Waals surface area contributed by atoms with Crippen LogP contribution in [0.3, 0.4) is 0 Å². The van der Waals surface area contributed by atoms with Gasteiger partial charge >= 0.3 is 0 Å². The molecule has 2 aromatic rings. The molecule has 21 heavy (non-hydrogen) atoms. The van der Waals surface area contributed by atoms with Gasteiger partial charge in [0.05, 0.1) is 24.9 Å². The van der Waals surface area contributed by atoms with Crippen LogP contribution in [0, 0.1) is 0 Å². The molecule has 2 rings (SSSR count).